The van der Waals surface area contributed by atoms with Gasteiger partial charge in [0.15, 0.2) is 5.16 Å². The third kappa shape index (κ3) is 4.73. The van der Waals surface area contributed by atoms with Crippen molar-refractivity contribution >= 4 is 50.2 Å². The standard InChI is InChI=1S/C24H20BrN3O2S/c1-15-7-10-18(11-8-15)28-23(30)19-5-3-4-6-21(19)27-24(28)31-14-22(29)26-20-12-9-17(25)13-16(20)2/h3-13H,14H2,1-2H3,(H,26,29). The summed E-state index contributed by atoms with van der Waals surface area (Å²) < 4.78 is 2.53. The van der Waals surface area contributed by atoms with Crippen molar-refractivity contribution in [2.45, 2.75) is 19.0 Å². The number of nitrogens with zero attached hydrogens (tertiary/aromatic N) is 2. The number of benzene rings is 3. The lowest BCUT2D eigenvalue weighted by atomic mass is 10.2. The predicted molar refractivity (Wildman–Crippen MR) is 130 cm³/mol. The number of anilines is 1. The van der Waals surface area contributed by atoms with Crippen LogP contribution in [0.1, 0.15) is 11.1 Å². The summed E-state index contributed by atoms with van der Waals surface area (Å²) in [7, 11) is 0. The molecular weight excluding hydrogens is 474 g/mol. The molecule has 7 heteroatoms. The van der Waals surface area contributed by atoms with Crippen molar-refractivity contribution in [1.82, 2.24) is 9.55 Å². The molecule has 0 spiro atoms. The van der Waals surface area contributed by atoms with E-state index in [0.29, 0.717) is 16.1 Å². The second-order valence-corrected chi connectivity index (χ2v) is 9.04. The summed E-state index contributed by atoms with van der Waals surface area (Å²) in [6, 6.07) is 20.6. The predicted octanol–water partition coefficient (Wildman–Crippen LogP) is 5.50. The fraction of sp³-hybridized carbons (Fsp3) is 0.125. The normalized spacial score (nSPS) is 10.9. The van der Waals surface area contributed by atoms with Gasteiger partial charge in [-0.1, -0.05) is 57.5 Å². The number of thioether (sulfide) groups is 1. The summed E-state index contributed by atoms with van der Waals surface area (Å²) in [6.45, 7) is 3.93. The Morgan fingerprint density at radius 2 is 1.81 bits per heavy atom. The molecule has 1 N–H and O–H groups in total. The van der Waals surface area contributed by atoms with Gasteiger partial charge in [-0.2, -0.15) is 0 Å². The Hall–Kier alpha value is -2.90. The lowest BCUT2D eigenvalue weighted by molar-refractivity contribution is -0.113. The first kappa shape index (κ1) is 21.3. The molecule has 0 saturated carbocycles. The van der Waals surface area contributed by atoms with E-state index in [9.17, 15) is 9.59 Å². The molecule has 0 saturated heterocycles. The Bertz CT molecular complexity index is 1330. The van der Waals surface area contributed by atoms with Crippen LogP contribution in [0.25, 0.3) is 16.6 Å². The maximum atomic E-state index is 13.3. The van der Waals surface area contributed by atoms with Crippen LogP contribution in [-0.4, -0.2) is 21.2 Å². The van der Waals surface area contributed by atoms with E-state index in [-0.39, 0.29) is 17.2 Å². The van der Waals surface area contributed by atoms with Gasteiger partial charge < -0.3 is 5.32 Å². The van der Waals surface area contributed by atoms with Crippen LogP contribution in [0, 0.1) is 13.8 Å². The average Bonchev–Trinajstić information content (AvgIpc) is 2.75. The lowest BCUT2D eigenvalue weighted by Gasteiger charge is -2.14. The second kappa shape index (κ2) is 9.08. The summed E-state index contributed by atoms with van der Waals surface area (Å²) in [6.07, 6.45) is 0. The third-order valence-electron chi connectivity index (χ3n) is 4.83. The van der Waals surface area contributed by atoms with E-state index >= 15 is 0 Å². The summed E-state index contributed by atoms with van der Waals surface area (Å²) in [4.78, 5) is 30.5. The number of hydrogen-bond acceptors (Lipinski definition) is 4. The highest BCUT2D eigenvalue weighted by Crippen LogP contribution is 2.23. The minimum Gasteiger partial charge on any atom is -0.325 e. The number of carbonyl (C=O) groups excluding carboxylic acids is 1. The van der Waals surface area contributed by atoms with Gasteiger partial charge in [-0.15, -0.1) is 0 Å². The van der Waals surface area contributed by atoms with Crippen molar-refractivity contribution < 1.29 is 4.79 Å². The van der Waals surface area contributed by atoms with Crippen molar-refractivity contribution in [3.63, 3.8) is 0 Å². The number of amides is 1. The molecule has 0 aliphatic rings. The molecule has 0 bridgehead atoms. The Balaban J connectivity index is 1.66. The number of carbonyl (C=O) groups is 1. The molecule has 0 radical (unpaired) electrons. The van der Waals surface area contributed by atoms with E-state index in [1.54, 1.807) is 10.6 Å². The van der Waals surface area contributed by atoms with E-state index < -0.39 is 0 Å². The Morgan fingerprint density at radius 1 is 1.06 bits per heavy atom. The van der Waals surface area contributed by atoms with Gasteiger partial charge in [0.05, 0.1) is 22.3 Å². The van der Waals surface area contributed by atoms with Crippen LogP contribution in [0.2, 0.25) is 0 Å². The molecule has 0 fully saturated rings. The molecule has 4 aromatic rings. The minimum atomic E-state index is -0.159. The van der Waals surface area contributed by atoms with Gasteiger partial charge in [0.1, 0.15) is 0 Å². The number of aromatic nitrogens is 2. The maximum absolute atomic E-state index is 13.3. The van der Waals surface area contributed by atoms with Crippen LogP contribution >= 0.6 is 27.7 Å². The molecule has 31 heavy (non-hydrogen) atoms. The fourth-order valence-corrected chi connectivity index (χ4v) is 4.50. The SMILES string of the molecule is Cc1ccc(-n2c(SCC(=O)Nc3ccc(Br)cc3C)nc3ccccc3c2=O)cc1. The van der Waals surface area contributed by atoms with E-state index in [0.717, 1.165) is 27.0 Å². The first-order valence-corrected chi connectivity index (χ1v) is 11.5. The first-order valence-electron chi connectivity index (χ1n) is 9.70. The van der Waals surface area contributed by atoms with Gasteiger partial charge in [-0.05, 0) is 61.9 Å². The third-order valence-corrected chi connectivity index (χ3v) is 6.26. The molecule has 0 atom stereocenters. The van der Waals surface area contributed by atoms with Crippen LogP contribution in [0.4, 0.5) is 5.69 Å². The van der Waals surface area contributed by atoms with Crippen LogP contribution in [0.15, 0.2) is 81.2 Å². The smallest absolute Gasteiger partial charge is 0.266 e. The number of rotatable bonds is 5. The molecule has 0 unspecified atom stereocenters. The van der Waals surface area contributed by atoms with Crippen LogP contribution in [-0.2, 0) is 4.79 Å². The molecular formula is C24H20BrN3O2S. The molecule has 3 aromatic carbocycles. The quantitative estimate of drug-likeness (QED) is 0.294. The molecule has 1 aromatic heterocycles. The Labute approximate surface area is 192 Å². The van der Waals surface area contributed by atoms with Crippen molar-refractivity contribution in [2.75, 3.05) is 11.1 Å². The number of aryl methyl sites for hydroxylation is 2. The minimum absolute atomic E-state index is 0.131. The molecule has 1 heterocycles. The lowest BCUT2D eigenvalue weighted by Crippen LogP contribution is -2.23. The van der Waals surface area contributed by atoms with Gasteiger partial charge in [0, 0.05) is 10.2 Å². The van der Waals surface area contributed by atoms with E-state index in [1.807, 2.05) is 74.5 Å². The molecule has 0 aliphatic heterocycles. The van der Waals surface area contributed by atoms with Crippen LogP contribution in [0.3, 0.4) is 0 Å². The largest absolute Gasteiger partial charge is 0.325 e. The molecule has 156 valence electrons. The maximum Gasteiger partial charge on any atom is 0.266 e. The number of fused-ring (bicyclic) bond motifs is 1. The van der Waals surface area contributed by atoms with Gasteiger partial charge in [-0.3, -0.25) is 14.2 Å². The first-order chi connectivity index (χ1) is 14.9. The number of para-hydroxylation sites is 1. The van der Waals surface area contributed by atoms with Crippen molar-refractivity contribution in [3.8, 4) is 5.69 Å². The van der Waals surface area contributed by atoms with Gasteiger partial charge >= 0.3 is 0 Å². The molecule has 1 amide bonds. The van der Waals surface area contributed by atoms with E-state index in [1.165, 1.54) is 11.8 Å². The van der Waals surface area contributed by atoms with Crippen molar-refractivity contribution in [1.29, 1.82) is 0 Å². The monoisotopic (exact) mass is 493 g/mol. The zero-order chi connectivity index (χ0) is 22.0. The van der Waals surface area contributed by atoms with Gasteiger partial charge in [0.25, 0.3) is 5.56 Å². The zero-order valence-electron chi connectivity index (χ0n) is 17.1. The van der Waals surface area contributed by atoms with Gasteiger partial charge in [0.2, 0.25) is 5.91 Å². The fourth-order valence-electron chi connectivity index (χ4n) is 3.21. The number of nitrogens with one attached hydrogen (secondary N) is 1. The summed E-state index contributed by atoms with van der Waals surface area (Å²) in [5.74, 6) is -0.0279. The summed E-state index contributed by atoms with van der Waals surface area (Å²) in [5, 5.41) is 3.96. The second-order valence-electron chi connectivity index (χ2n) is 7.18. The highest BCUT2D eigenvalue weighted by Gasteiger charge is 2.15. The topological polar surface area (TPSA) is 64.0 Å². The van der Waals surface area contributed by atoms with Crippen molar-refractivity contribution in [3.05, 3.63) is 92.7 Å². The molecule has 0 aliphatic carbocycles. The highest BCUT2D eigenvalue weighted by molar-refractivity contribution is 9.10. The molecule has 5 nitrogen and oxygen atoms in total. The van der Waals surface area contributed by atoms with E-state index in [4.69, 9.17) is 0 Å². The van der Waals surface area contributed by atoms with Gasteiger partial charge in [-0.25, -0.2) is 4.98 Å². The average molecular weight is 494 g/mol. The number of halogens is 1. The summed E-state index contributed by atoms with van der Waals surface area (Å²) in [5.41, 5.74) is 4.01. The van der Waals surface area contributed by atoms with Crippen LogP contribution in [0.5, 0.6) is 0 Å². The molecule has 4 rings (SSSR count). The Kier molecular flexibility index (Phi) is 6.25. The Morgan fingerprint density at radius 3 is 2.55 bits per heavy atom. The summed E-state index contributed by atoms with van der Waals surface area (Å²) >= 11 is 4.67. The van der Waals surface area contributed by atoms with Crippen molar-refractivity contribution in [2.24, 2.45) is 0 Å². The zero-order valence-corrected chi connectivity index (χ0v) is 19.5. The highest BCUT2D eigenvalue weighted by atomic mass is 79.9. The van der Waals surface area contributed by atoms with E-state index in [2.05, 4.69) is 26.2 Å². The van der Waals surface area contributed by atoms with Crippen LogP contribution < -0.4 is 10.9 Å². The number of hydrogen-bond donors (Lipinski definition) is 1.